The first-order chi connectivity index (χ1) is 4.33. The summed E-state index contributed by atoms with van der Waals surface area (Å²) in [6.07, 6.45) is 6.40. The first-order valence-electron chi connectivity index (χ1n) is 3.27. The highest BCUT2D eigenvalue weighted by Gasteiger charge is 2.14. The lowest BCUT2D eigenvalue weighted by atomic mass is 10.2. The summed E-state index contributed by atoms with van der Waals surface area (Å²) in [4.78, 5) is 2.27. The van der Waals surface area contributed by atoms with Crippen molar-refractivity contribution in [2.24, 2.45) is 5.73 Å². The van der Waals surface area contributed by atoms with Crippen LogP contribution in [0.25, 0.3) is 0 Å². The maximum Gasteiger partial charge on any atom is 0.0790 e. The summed E-state index contributed by atoms with van der Waals surface area (Å²) >= 11 is 0. The van der Waals surface area contributed by atoms with Crippen molar-refractivity contribution in [3.8, 4) is 12.3 Å². The molecule has 0 amide bonds. The van der Waals surface area contributed by atoms with E-state index in [0.717, 1.165) is 6.54 Å². The second kappa shape index (κ2) is 2.86. The van der Waals surface area contributed by atoms with Gasteiger partial charge in [-0.2, -0.15) is 0 Å². The fourth-order valence-electron chi connectivity index (χ4n) is 0.895. The summed E-state index contributed by atoms with van der Waals surface area (Å²) in [5.74, 6) is 2.50. The average Bonchev–Trinajstić information content (AvgIpc) is 1.78. The predicted molar refractivity (Wildman–Crippen MR) is 37.9 cm³/mol. The molecular weight excluding hydrogens is 112 g/mol. The highest BCUT2D eigenvalue weighted by Crippen LogP contribution is 2.04. The molecule has 9 heavy (non-hydrogen) atoms. The van der Waals surface area contributed by atoms with Gasteiger partial charge in [0.2, 0.25) is 0 Å². The van der Waals surface area contributed by atoms with Crippen LogP contribution < -0.4 is 5.73 Å². The van der Waals surface area contributed by atoms with Crippen LogP contribution in [0.3, 0.4) is 0 Å². The standard InChI is InChI=1S/C7H12N2/c1-2-7(8)6-9-4-3-5-9/h1,7H,3-6,8H2. The minimum absolute atomic E-state index is 0.0645. The van der Waals surface area contributed by atoms with Crippen molar-refractivity contribution in [3.63, 3.8) is 0 Å². The van der Waals surface area contributed by atoms with Gasteiger partial charge in [0, 0.05) is 6.54 Å². The Balaban J connectivity index is 2.10. The number of hydrogen-bond acceptors (Lipinski definition) is 2. The molecule has 0 aromatic carbocycles. The van der Waals surface area contributed by atoms with E-state index in [-0.39, 0.29) is 6.04 Å². The highest BCUT2D eigenvalue weighted by molar-refractivity contribution is 4.98. The molecule has 1 heterocycles. The van der Waals surface area contributed by atoms with Gasteiger partial charge in [-0.3, -0.25) is 0 Å². The van der Waals surface area contributed by atoms with E-state index in [9.17, 15) is 0 Å². The molecule has 0 aromatic rings. The van der Waals surface area contributed by atoms with Gasteiger partial charge in [0.25, 0.3) is 0 Å². The fourth-order valence-corrected chi connectivity index (χ4v) is 0.895. The van der Waals surface area contributed by atoms with E-state index in [0.29, 0.717) is 0 Å². The van der Waals surface area contributed by atoms with Gasteiger partial charge in [-0.25, -0.2) is 0 Å². The zero-order chi connectivity index (χ0) is 6.69. The summed E-state index contributed by atoms with van der Waals surface area (Å²) in [7, 11) is 0. The SMILES string of the molecule is C#CC(N)CN1CCC1. The average molecular weight is 124 g/mol. The van der Waals surface area contributed by atoms with Gasteiger partial charge in [0.05, 0.1) is 6.04 Å². The lowest BCUT2D eigenvalue weighted by molar-refractivity contribution is 0.179. The Morgan fingerprint density at radius 1 is 1.67 bits per heavy atom. The summed E-state index contributed by atoms with van der Waals surface area (Å²) in [5.41, 5.74) is 5.51. The second-order valence-electron chi connectivity index (χ2n) is 2.43. The third-order valence-electron chi connectivity index (χ3n) is 1.62. The smallest absolute Gasteiger partial charge is 0.0790 e. The quantitative estimate of drug-likeness (QED) is 0.510. The molecule has 1 aliphatic rings. The third kappa shape index (κ3) is 1.70. The molecule has 1 unspecified atom stereocenters. The van der Waals surface area contributed by atoms with Crippen molar-refractivity contribution in [3.05, 3.63) is 0 Å². The molecule has 1 rings (SSSR count). The zero-order valence-electron chi connectivity index (χ0n) is 5.51. The number of nitrogens with two attached hydrogens (primary N) is 1. The van der Waals surface area contributed by atoms with Crippen molar-refractivity contribution in [1.29, 1.82) is 0 Å². The van der Waals surface area contributed by atoms with E-state index in [4.69, 9.17) is 12.2 Å². The Kier molecular flexibility index (Phi) is 2.10. The van der Waals surface area contributed by atoms with Crippen LogP contribution in [0, 0.1) is 12.3 Å². The molecule has 0 spiro atoms. The Bertz CT molecular complexity index is 121. The highest BCUT2D eigenvalue weighted by atomic mass is 15.2. The van der Waals surface area contributed by atoms with E-state index >= 15 is 0 Å². The van der Waals surface area contributed by atoms with Gasteiger partial charge in [-0.15, -0.1) is 6.42 Å². The lowest BCUT2D eigenvalue weighted by Crippen LogP contribution is -2.44. The minimum atomic E-state index is -0.0645. The molecule has 0 aromatic heterocycles. The third-order valence-corrected chi connectivity index (χ3v) is 1.62. The van der Waals surface area contributed by atoms with E-state index in [1.807, 2.05) is 0 Å². The zero-order valence-corrected chi connectivity index (χ0v) is 5.51. The van der Waals surface area contributed by atoms with Crippen LogP contribution in [-0.4, -0.2) is 30.6 Å². The van der Waals surface area contributed by atoms with Crippen molar-refractivity contribution < 1.29 is 0 Å². The minimum Gasteiger partial charge on any atom is -0.317 e. The fraction of sp³-hybridized carbons (Fsp3) is 0.714. The Morgan fingerprint density at radius 2 is 2.33 bits per heavy atom. The van der Waals surface area contributed by atoms with Crippen LogP contribution in [-0.2, 0) is 0 Å². The summed E-state index contributed by atoms with van der Waals surface area (Å²) in [6, 6.07) is -0.0645. The normalized spacial score (nSPS) is 22.2. The Hall–Kier alpha value is -0.520. The molecule has 0 saturated carbocycles. The lowest BCUT2D eigenvalue weighted by Gasteiger charge is -2.31. The monoisotopic (exact) mass is 124 g/mol. The van der Waals surface area contributed by atoms with E-state index in [1.54, 1.807) is 0 Å². The van der Waals surface area contributed by atoms with E-state index in [2.05, 4.69) is 10.8 Å². The van der Waals surface area contributed by atoms with Gasteiger partial charge in [-0.1, -0.05) is 5.92 Å². The van der Waals surface area contributed by atoms with Crippen LogP contribution in [0.4, 0.5) is 0 Å². The van der Waals surface area contributed by atoms with Gasteiger partial charge < -0.3 is 10.6 Å². The van der Waals surface area contributed by atoms with Crippen LogP contribution in [0.5, 0.6) is 0 Å². The van der Waals surface area contributed by atoms with Crippen LogP contribution in [0.2, 0.25) is 0 Å². The molecule has 50 valence electrons. The Morgan fingerprint density at radius 3 is 2.67 bits per heavy atom. The van der Waals surface area contributed by atoms with Gasteiger partial charge >= 0.3 is 0 Å². The van der Waals surface area contributed by atoms with Gasteiger partial charge in [0.1, 0.15) is 0 Å². The molecule has 1 fully saturated rings. The van der Waals surface area contributed by atoms with Crippen molar-refractivity contribution in [1.82, 2.24) is 4.90 Å². The maximum atomic E-state index is 5.51. The topological polar surface area (TPSA) is 29.3 Å². The van der Waals surface area contributed by atoms with E-state index < -0.39 is 0 Å². The number of likely N-dealkylation sites (tertiary alicyclic amines) is 1. The van der Waals surface area contributed by atoms with Crippen LogP contribution in [0.1, 0.15) is 6.42 Å². The van der Waals surface area contributed by atoms with Crippen LogP contribution >= 0.6 is 0 Å². The predicted octanol–water partition coefficient (Wildman–Crippen LogP) is -0.347. The van der Waals surface area contributed by atoms with E-state index in [1.165, 1.54) is 19.5 Å². The number of hydrogen-bond donors (Lipinski definition) is 1. The van der Waals surface area contributed by atoms with Crippen molar-refractivity contribution >= 4 is 0 Å². The largest absolute Gasteiger partial charge is 0.317 e. The molecule has 1 saturated heterocycles. The molecule has 0 aliphatic carbocycles. The maximum absolute atomic E-state index is 5.51. The molecule has 2 nitrogen and oxygen atoms in total. The van der Waals surface area contributed by atoms with Gasteiger partial charge in [0.15, 0.2) is 0 Å². The molecule has 2 heteroatoms. The molecule has 0 bridgehead atoms. The van der Waals surface area contributed by atoms with Crippen molar-refractivity contribution in [2.75, 3.05) is 19.6 Å². The summed E-state index contributed by atoms with van der Waals surface area (Å²) in [5, 5.41) is 0. The molecule has 1 atom stereocenters. The first-order valence-corrected chi connectivity index (χ1v) is 3.27. The number of terminal acetylenes is 1. The summed E-state index contributed by atoms with van der Waals surface area (Å²) in [6.45, 7) is 3.22. The molecule has 2 N–H and O–H groups in total. The van der Waals surface area contributed by atoms with Crippen molar-refractivity contribution in [2.45, 2.75) is 12.5 Å². The first kappa shape index (κ1) is 6.60. The molecular formula is C7H12N2. The van der Waals surface area contributed by atoms with Crippen LogP contribution in [0.15, 0.2) is 0 Å². The number of nitrogens with zero attached hydrogens (tertiary/aromatic N) is 1. The number of rotatable bonds is 2. The molecule has 0 radical (unpaired) electrons. The van der Waals surface area contributed by atoms with Gasteiger partial charge in [-0.05, 0) is 19.5 Å². The Labute approximate surface area is 56.0 Å². The summed E-state index contributed by atoms with van der Waals surface area (Å²) < 4.78 is 0. The second-order valence-corrected chi connectivity index (χ2v) is 2.43. The molecule has 1 aliphatic heterocycles.